The number of carbonyl (C=O) groups excluding carboxylic acids is 2. The van der Waals surface area contributed by atoms with Gasteiger partial charge in [0, 0.05) is 24.0 Å². The number of H-pyrrole nitrogens is 1. The van der Waals surface area contributed by atoms with Crippen LogP contribution in [0.25, 0.3) is 10.9 Å². The number of methoxy groups -OCH3 is 3. The molecule has 8 heteroatoms. The van der Waals surface area contributed by atoms with E-state index in [1.165, 1.54) is 0 Å². The molecule has 2 amide bonds. The summed E-state index contributed by atoms with van der Waals surface area (Å²) in [6.07, 6.45) is 1.30. The van der Waals surface area contributed by atoms with Crippen LogP contribution in [-0.2, 0) is 28.0 Å². The van der Waals surface area contributed by atoms with Gasteiger partial charge in [0.1, 0.15) is 5.75 Å². The highest BCUT2D eigenvalue weighted by atomic mass is 16.5. The Morgan fingerprint density at radius 1 is 1.00 bits per heavy atom. The molecule has 34 heavy (non-hydrogen) atoms. The third-order valence-corrected chi connectivity index (χ3v) is 7.17. The molecule has 0 radical (unpaired) electrons. The van der Waals surface area contributed by atoms with Crippen molar-refractivity contribution in [3.05, 3.63) is 53.2 Å². The maximum Gasteiger partial charge on any atom is 0.254 e. The van der Waals surface area contributed by atoms with E-state index in [1.54, 1.807) is 31.1 Å². The Morgan fingerprint density at radius 2 is 1.79 bits per heavy atom. The van der Waals surface area contributed by atoms with Crippen LogP contribution in [0.15, 0.2) is 36.4 Å². The lowest BCUT2D eigenvalue weighted by molar-refractivity contribution is -0.165. The zero-order valence-electron chi connectivity index (χ0n) is 19.9. The highest BCUT2D eigenvalue weighted by molar-refractivity contribution is 6.00. The molecule has 3 heterocycles. The van der Waals surface area contributed by atoms with Crippen molar-refractivity contribution in [3.63, 3.8) is 0 Å². The van der Waals surface area contributed by atoms with E-state index < -0.39 is 5.54 Å². The van der Waals surface area contributed by atoms with Crippen LogP contribution in [0.2, 0.25) is 0 Å². The van der Waals surface area contributed by atoms with E-state index in [4.69, 9.17) is 14.2 Å². The van der Waals surface area contributed by atoms with Crippen LogP contribution in [0.3, 0.4) is 0 Å². The molecule has 0 unspecified atom stereocenters. The topological polar surface area (TPSA) is 84.1 Å². The summed E-state index contributed by atoms with van der Waals surface area (Å²) < 4.78 is 16.1. The number of aromatic amines is 1. The number of rotatable bonds is 6. The number of nitrogens with zero attached hydrogens (tertiary/aromatic N) is 2. The number of nitrogens with one attached hydrogen (secondary N) is 1. The minimum atomic E-state index is -1.06. The molecule has 3 aromatic rings. The van der Waals surface area contributed by atoms with E-state index in [-0.39, 0.29) is 18.4 Å². The number of hydrogen-bond donors (Lipinski definition) is 1. The molecule has 0 aliphatic carbocycles. The fourth-order valence-corrected chi connectivity index (χ4v) is 5.32. The molecule has 0 spiro atoms. The van der Waals surface area contributed by atoms with Gasteiger partial charge in [-0.3, -0.25) is 9.59 Å². The Morgan fingerprint density at radius 3 is 2.53 bits per heavy atom. The molecule has 5 rings (SSSR count). The lowest BCUT2D eigenvalue weighted by Gasteiger charge is -2.49. The largest absolute Gasteiger partial charge is 0.497 e. The number of fused-ring (bicyclic) bond motifs is 5. The highest BCUT2D eigenvalue weighted by Gasteiger charge is 2.53. The molecule has 2 aromatic carbocycles. The van der Waals surface area contributed by atoms with Crippen molar-refractivity contribution in [2.75, 3.05) is 41.0 Å². The number of aromatic nitrogens is 1. The molecule has 1 saturated heterocycles. The van der Waals surface area contributed by atoms with Crippen molar-refractivity contribution in [2.45, 2.75) is 25.3 Å². The molecular weight excluding hydrogens is 434 g/mol. The second-order valence-corrected chi connectivity index (χ2v) is 8.92. The van der Waals surface area contributed by atoms with Gasteiger partial charge in [-0.25, -0.2) is 0 Å². The Balaban J connectivity index is 1.46. The van der Waals surface area contributed by atoms with Crippen molar-refractivity contribution < 1.29 is 23.8 Å². The van der Waals surface area contributed by atoms with Gasteiger partial charge in [0.15, 0.2) is 17.0 Å². The fourth-order valence-electron chi connectivity index (χ4n) is 5.32. The molecular formula is C26H29N3O5. The van der Waals surface area contributed by atoms with Crippen LogP contribution < -0.4 is 14.2 Å². The average Bonchev–Trinajstić information content (AvgIpc) is 3.24. The predicted octanol–water partition coefficient (Wildman–Crippen LogP) is 2.88. The standard InChI is InChI=1S/C26H29N3O5/c1-26-24-18(19-14-17(32-2)6-7-20(19)27-24)10-12-29(26)23(30)15-28(25(26)31)11-9-16-5-8-21(33-3)22(13-16)34-4/h5-8,13-14,27H,9-12,15H2,1-4H3/t26-/m0/s1. The summed E-state index contributed by atoms with van der Waals surface area (Å²) in [5.74, 6) is 1.97. The van der Waals surface area contributed by atoms with Gasteiger partial charge in [-0.1, -0.05) is 6.07 Å². The Hall–Kier alpha value is -3.68. The maximum atomic E-state index is 13.9. The van der Waals surface area contributed by atoms with E-state index in [2.05, 4.69) is 4.98 Å². The first kappa shape index (κ1) is 22.1. The van der Waals surface area contributed by atoms with Gasteiger partial charge in [0.25, 0.3) is 5.91 Å². The quantitative estimate of drug-likeness (QED) is 0.608. The molecule has 0 bridgehead atoms. The van der Waals surface area contributed by atoms with Crippen LogP contribution in [-0.4, -0.2) is 67.6 Å². The van der Waals surface area contributed by atoms with Gasteiger partial charge in [-0.05, 0) is 61.2 Å². The Labute approximate surface area is 198 Å². The van der Waals surface area contributed by atoms with Gasteiger partial charge < -0.3 is 29.0 Å². The van der Waals surface area contributed by atoms with E-state index >= 15 is 0 Å². The summed E-state index contributed by atoms with van der Waals surface area (Å²) in [5.41, 5.74) is 2.77. The van der Waals surface area contributed by atoms with Crippen molar-refractivity contribution in [3.8, 4) is 17.2 Å². The predicted molar refractivity (Wildman–Crippen MR) is 127 cm³/mol. The molecule has 1 atom stereocenters. The molecule has 1 N–H and O–H groups in total. The van der Waals surface area contributed by atoms with Crippen LogP contribution >= 0.6 is 0 Å². The number of benzene rings is 2. The Kier molecular flexibility index (Phi) is 5.38. The zero-order valence-corrected chi connectivity index (χ0v) is 19.9. The van der Waals surface area contributed by atoms with Crippen molar-refractivity contribution in [1.82, 2.24) is 14.8 Å². The van der Waals surface area contributed by atoms with Gasteiger partial charge >= 0.3 is 0 Å². The van der Waals surface area contributed by atoms with E-state index in [0.29, 0.717) is 37.4 Å². The smallest absolute Gasteiger partial charge is 0.254 e. The van der Waals surface area contributed by atoms with Gasteiger partial charge in [0.05, 0.1) is 33.6 Å². The first-order valence-electron chi connectivity index (χ1n) is 11.4. The summed E-state index contributed by atoms with van der Waals surface area (Å²) in [5, 5.41) is 1.04. The summed E-state index contributed by atoms with van der Waals surface area (Å²) >= 11 is 0. The third kappa shape index (κ3) is 3.28. The van der Waals surface area contributed by atoms with Crippen LogP contribution in [0.5, 0.6) is 17.2 Å². The summed E-state index contributed by atoms with van der Waals surface area (Å²) in [7, 11) is 4.84. The minimum absolute atomic E-state index is 0.0312. The molecule has 0 saturated carbocycles. The van der Waals surface area contributed by atoms with E-state index in [1.807, 2.05) is 43.3 Å². The SMILES string of the molecule is COc1ccc2[nH]c3c(c2c1)CCN1C(=O)CN(CCc2ccc(OC)c(OC)c2)C(=O)[C@]31C. The first-order valence-corrected chi connectivity index (χ1v) is 11.4. The van der Waals surface area contributed by atoms with E-state index in [9.17, 15) is 9.59 Å². The fraction of sp³-hybridized carbons (Fsp3) is 0.385. The first-order chi connectivity index (χ1) is 16.4. The molecule has 1 aromatic heterocycles. The second kappa shape index (κ2) is 8.27. The lowest BCUT2D eigenvalue weighted by Crippen LogP contribution is -2.67. The van der Waals surface area contributed by atoms with Crippen LogP contribution in [0.4, 0.5) is 0 Å². The molecule has 1 fully saturated rings. The van der Waals surface area contributed by atoms with Crippen molar-refractivity contribution in [2.24, 2.45) is 0 Å². The summed E-state index contributed by atoms with van der Waals surface area (Å²) in [6.45, 7) is 2.90. The third-order valence-electron chi connectivity index (χ3n) is 7.17. The minimum Gasteiger partial charge on any atom is -0.497 e. The second-order valence-electron chi connectivity index (χ2n) is 8.92. The molecule has 2 aliphatic rings. The van der Waals surface area contributed by atoms with Crippen molar-refractivity contribution in [1.29, 1.82) is 0 Å². The zero-order chi connectivity index (χ0) is 24.0. The summed E-state index contributed by atoms with van der Waals surface area (Å²) in [6, 6.07) is 11.6. The Bertz CT molecular complexity index is 1280. The van der Waals surface area contributed by atoms with Gasteiger partial charge in [0.2, 0.25) is 5.91 Å². The molecule has 2 aliphatic heterocycles. The monoisotopic (exact) mass is 463 g/mol. The molecule has 178 valence electrons. The van der Waals surface area contributed by atoms with Crippen LogP contribution in [0.1, 0.15) is 23.7 Å². The lowest BCUT2D eigenvalue weighted by atomic mass is 9.83. The van der Waals surface area contributed by atoms with Crippen molar-refractivity contribution >= 4 is 22.7 Å². The molecule has 8 nitrogen and oxygen atoms in total. The van der Waals surface area contributed by atoms with Gasteiger partial charge in [-0.2, -0.15) is 0 Å². The number of ether oxygens (including phenoxy) is 3. The van der Waals surface area contributed by atoms with E-state index in [0.717, 1.165) is 33.5 Å². The van der Waals surface area contributed by atoms with Crippen LogP contribution in [0, 0.1) is 0 Å². The maximum absolute atomic E-state index is 13.9. The number of carbonyl (C=O) groups is 2. The number of hydrogen-bond acceptors (Lipinski definition) is 5. The van der Waals surface area contributed by atoms with Gasteiger partial charge in [-0.15, -0.1) is 0 Å². The number of piperazine rings is 1. The normalized spacial score (nSPS) is 19.8. The number of amides is 2. The highest BCUT2D eigenvalue weighted by Crippen LogP contribution is 2.42. The summed E-state index contributed by atoms with van der Waals surface area (Å²) in [4.78, 5) is 33.9. The average molecular weight is 464 g/mol.